The van der Waals surface area contributed by atoms with Crippen LogP contribution in [0.1, 0.15) is 6.42 Å². The molecule has 0 atom stereocenters. The molecule has 0 bridgehead atoms. The van der Waals surface area contributed by atoms with E-state index < -0.39 is 10.0 Å². The molecule has 0 saturated carbocycles. The van der Waals surface area contributed by atoms with Crippen LogP contribution in [0.4, 0.5) is 4.79 Å². The number of carbonyl (C=O) groups is 1. The van der Waals surface area contributed by atoms with Crippen LogP contribution >= 0.6 is 0 Å². The summed E-state index contributed by atoms with van der Waals surface area (Å²) in [5.74, 6) is 0.0190. The van der Waals surface area contributed by atoms with Crippen molar-refractivity contribution in [2.24, 2.45) is 5.73 Å². The summed E-state index contributed by atoms with van der Waals surface area (Å²) >= 11 is 0. The van der Waals surface area contributed by atoms with Crippen molar-refractivity contribution in [3.05, 3.63) is 0 Å². The average Bonchev–Trinajstić information content (AvgIpc) is 2.21. The molecule has 0 rings (SSSR count). The zero-order chi connectivity index (χ0) is 12.6. The Bertz CT molecular complexity index is 302. The number of urea groups is 1. The molecule has 7 nitrogen and oxygen atoms in total. The number of nitrogens with one attached hydrogen (secondary N) is 2. The van der Waals surface area contributed by atoms with Gasteiger partial charge in [-0.1, -0.05) is 0 Å². The monoisotopic (exact) mass is 252 g/mol. The van der Waals surface area contributed by atoms with Gasteiger partial charge in [-0.25, -0.2) is 17.9 Å². The molecule has 8 heteroatoms. The van der Waals surface area contributed by atoms with Gasteiger partial charge < -0.3 is 16.0 Å². The highest BCUT2D eigenvalue weighted by molar-refractivity contribution is 7.89. The first-order valence-corrected chi connectivity index (χ1v) is 6.67. The van der Waals surface area contributed by atoms with E-state index in [4.69, 9.17) is 5.73 Å². The second-order valence-corrected chi connectivity index (χ2v) is 5.41. The lowest BCUT2D eigenvalue weighted by molar-refractivity contribution is 0.217. The van der Waals surface area contributed by atoms with Crippen molar-refractivity contribution in [2.45, 2.75) is 6.42 Å². The van der Waals surface area contributed by atoms with Gasteiger partial charge in [-0.3, -0.25) is 0 Å². The molecule has 96 valence electrons. The molecule has 0 aliphatic rings. The van der Waals surface area contributed by atoms with Crippen LogP contribution in [-0.2, 0) is 10.0 Å². The SMILES string of the molecule is CN(C)C(=O)NCCNS(=O)(=O)CCCN. The fraction of sp³-hybridized carbons (Fsp3) is 0.875. The standard InChI is InChI=1S/C8H20N4O3S/c1-12(2)8(13)10-5-6-11-16(14,15)7-3-4-9/h11H,3-7,9H2,1-2H3,(H,10,13). The normalized spacial score (nSPS) is 11.2. The summed E-state index contributed by atoms with van der Waals surface area (Å²) in [5.41, 5.74) is 5.21. The molecule has 0 heterocycles. The van der Waals surface area contributed by atoms with Gasteiger partial charge in [-0.15, -0.1) is 0 Å². The second kappa shape index (κ2) is 7.42. The number of sulfonamides is 1. The fourth-order valence-corrected chi connectivity index (χ4v) is 1.98. The molecule has 0 radical (unpaired) electrons. The van der Waals surface area contributed by atoms with Crippen molar-refractivity contribution in [3.63, 3.8) is 0 Å². The Morgan fingerprint density at radius 2 is 1.94 bits per heavy atom. The van der Waals surface area contributed by atoms with Crippen LogP contribution in [-0.4, -0.2) is 58.8 Å². The third kappa shape index (κ3) is 7.43. The number of nitrogens with two attached hydrogens (primary N) is 1. The summed E-state index contributed by atoms with van der Waals surface area (Å²) < 4.78 is 24.9. The summed E-state index contributed by atoms with van der Waals surface area (Å²) in [7, 11) is -0.0331. The minimum absolute atomic E-state index is 0.0190. The summed E-state index contributed by atoms with van der Waals surface area (Å²) in [4.78, 5) is 12.4. The Morgan fingerprint density at radius 3 is 2.44 bits per heavy atom. The van der Waals surface area contributed by atoms with E-state index in [0.29, 0.717) is 13.0 Å². The van der Waals surface area contributed by atoms with Crippen LogP contribution in [0, 0.1) is 0 Å². The van der Waals surface area contributed by atoms with Gasteiger partial charge in [0.2, 0.25) is 10.0 Å². The Balaban J connectivity index is 3.70. The molecular formula is C8H20N4O3S. The summed E-state index contributed by atoms with van der Waals surface area (Å²) in [6.07, 6.45) is 0.430. The summed E-state index contributed by atoms with van der Waals surface area (Å²) in [6.45, 7) is 0.795. The van der Waals surface area contributed by atoms with Crippen molar-refractivity contribution < 1.29 is 13.2 Å². The molecule has 0 unspecified atom stereocenters. The third-order valence-corrected chi connectivity index (χ3v) is 3.22. The van der Waals surface area contributed by atoms with Gasteiger partial charge in [0.25, 0.3) is 0 Å². The van der Waals surface area contributed by atoms with Crippen LogP contribution in [0.15, 0.2) is 0 Å². The molecule has 4 N–H and O–H groups in total. The minimum atomic E-state index is -3.26. The Morgan fingerprint density at radius 1 is 1.31 bits per heavy atom. The van der Waals surface area contributed by atoms with Gasteiger partial charge in [-0.05, 0) is 13.0 Å². The molecule has 0 aromatic carbocycles. The maximum Gasteiger partial charge on any atom is 0.316 e. The molecule has 0 fully saturated rings. The van der Waals surface area contributed by atoms with Crippen molar-refractivity contribution in [1.82, 2.24) is 14.9 Å². The highest BCUT2D eigenvalue weighted by atomic mass is 32.2. The molecule has 16 heavy (non-hydrogen) atoms. The highest BCUT2D eigenvalue weighted by Gasteiger charge is 2.08. The van der Waals surface area contributed by atoms with E-state index in [9.17, 15) is 13.2 Å². The first-order valence-electron chi connectivity index (χ1n) is 5.01. The van der Waals surface area contributed by atoms with Crippen molar-refractivity contribution in [1.29, 1.82) is 0 Å². The maximum atomic E-state index is 11.3. The third-order valence-electron chi connectivity index (χ3n) is 1.75. The van der Waals surface area contributed by atoms with E-state index in [2.05, 4.69) is 10.0 Å². The number of hydrogen-bond acceptors (Lipinski definition) is 4. The molecule has 0 aromatic rings. The van der Waals surface area contributed by atoms with E-state index >= 15 is 0 Å². The molecule has 0 spiro atoms. The zero-order valence-electron chi connectivity index (χ0n) is 9.69. The van der Waals surface area contributed by atoms with Gasteiger partial charge in [0.15, 0.2) is 0 Å². The first-order chi connectivity index (χ1) is 7.39. The van der Waals surface area contributed by atoms with E-state index in [-0.39, 0.29) is 24.9 Å². The predicted molar refractivity (Wildman–Crippen MR) is 62.5 cm³/mol. The van der Waals surface area contributed by atoms with Crippen LogP contribution < -0.4 is 15.8 Å². The van der Waals surface area contributed by atoms with Gasteiger partial charge in [0.05, 0.1) is 5.75 Å². The van der Waals surface area contributed by atoms with Crippen molar-refractivity contribution in [2.75, 3.05) is 39.5 Å². The predicted octanol–water partition coefficient (Wildman–Crippen LogP) is -1.47. The van der Waals surface area contributed by atoms with Crippen LogP contribution in [0.3, 0.4) is 0 Å². The molecular weight excluding hydrogens is 232 g/mol. The quantitative estimate of drug-likeness (QED) is 0.481. The highest BCUT2D eigenvalue weighted by Crippen LogP contribution is 1.86. The van der Waals surface area contributed by atoms with Gasteiger partial charge in [0.1, 0.15) is 0 Å². The number of amides is 2. The van der Waals surface area contributed by atoms with Crippen molar-refractivity contribution >= 4 is 16.1 Å². The van der Waals surface area contributed by atoms with Gasteiger partial charge in [0, 0.05) is 27.2 Å². The molecule has 0 aromatic heterocycles. The average molecular weight is 252 g/mol. The Hall–Kier alpha value is -0.860. The number of carbonyl (C=O) groups excluding carboxylic acids is 1. The summed E-state index contributed by atoms with van der Waals surface area (Å²) in [6, 6.07) is -0.249. The van der Waals surface area contributed by atoms with E-state index in [1.807, 2.05) is 0 Å². The smallest absolute Gasteiger partial charge is 0.316 e. The molecule has 0 aliphatic heterocycles. The lowest BCUT2D eigenvalue weighted by Crippen LogP contribution is -2.40. The molecule has 0 aliphatic carbocycles. The van der Waals surface area contributed by atoms with Crippen molar-refractivity contribution in [3.8, 4) is 0 Å². The minimum Gasteiger partial charge on any atom is -0.337 e. The Kier molecular flexibility index (Phi) is 7.02. The van der Waals surface area contributed by atoms with E-state index in [0.717, 1.165) is 0 Å². The number of hydrogen-bond donors (Lipinski definition) is 3. The molecule has 2 amide bonds. The first kappa shape index (κ1) is 15.1. The van der Waals surface area contributed by atoms with E-state index in [1.165, 1.54) is 4.90 Å². The molecule has 0 saturated heterocycles. The number of nitrogens with zero attached hydrogens (tertiary/aromatic N) is 1. The lowest BCUT2D eigenvalue weighted by Gasteiger charge is -2.12. The van der Waals surface area contributed by atoms with Crippen LogP contribution in [0.5, 0.6) is 0 Å². The second-order valence-electron chi connectivity index (χ2n) is 3.48. The van der Waals surface area contributed by atoms with Crippen LogP contribution in [0.25, 0.3) is 0 Å². The van der Waals surface area contributed by atoms with Gasteiger partial charge >= 0.3 is 6.03 Å². The lowest BCUT2D eigenvalue weighted by atomic mass is 10.5. The number of rotatable bonds is 7. The van der Waals surface area contributed by atoms with Crippen LogP contribution in [0.2, 0.25) is 0 Å². The largest absolute Gasteiger partial charge is 0.337 e. The van der Waals surface area contributed by atoms with Gasteiger partial charge in [-0.2, -0.15) is 0 Å². The summed E-state index contributed by atoms with van der Waals surface area (Å²) in [5, 5.41) is 2.55. The maximum absolute atomic E-state index is 11.3. The fourth-order valence-electron chi connectivity index (χ4n) is 0.880. The topological polar surface area (TPSA) is 105 Å². The zero-order valence-corrected chi connectivity index (χ0v) is 10.5. The van der Waals surface area contributed by atoms with E-state index in [1.54, 1.807) is 14.1 Å². The Labute approximate surface area is 96.4 Å².